The third-order valence-electron chi connectivity index (χ3n) is 3.08. The molecule has 0 radical (unpaired) electrons. The Morgan fingerprint density at radius 2 is 1.92 bits per heavy atom. The van der Waals surface area contributed by atoms with Crippen LogP contribution in [0.15, 0.2) is 11.1 Å². The van der Waals surface area contributed by atoms with E-state index < -0.39 is 5.97 Å². The number of benzene rings is 1. The maximum absolute atomic E-state index is 12.7. The zero-order valence-electron chi connectivity index (χ0n) is 13.5. The zero-order valence-corrected chi connectivity index (χ0v) is 20.0. The predicted octanol–water partition coefficient (Wildman–Crippen LogP) is 3.71. The van der Waals surface area contributed by atoms with Crippen LogP contribution in [0.4, 0.5) is 5.69 Å². The number of aliphatic imine (C=N–C) groups is 1. The Balaban J connectivity index is 3.26. The van der Waals surface area contributed by atoms with E-state index in [1.54, 1.807) is 7.05 Å². The summed E-state index contributed by atoms with van der Waals surface area (Å²) in [5.41, 5.74) is 1.32. The van der Waals surface area contributed by atoms with Gasteiger partial charge in [-0.25, -0.2) is 4.99 Å². The number of amidine groups is 1. The van der Waals surface area contributed by atoms with Crippen molar-refractivity contribution in [3.05, 3.63) is 22.3 Å². The van der Waals surface area contributed by atoms with Crippen molar-refractivity contribution in [3.63, 3.8) is 0 Å². The van der Waals surface area contributed by atoms with Gasteiger partial charge in [0, 0.05) is 27.3 Å². The smallest absolute Gasteiger partial charge is 0.305 e. The minimum Gasteiger partial charge on any atom is -0.481 e. The van der Waals surface area contributed by atoms with Gasteiger partial charge in [0.2, 0.25) is 0 Å². The summed E-state index contributed by atoms with van der Waals surface area (Å²) in [7, 11) is 1.61. The van der Waals surface area contributed by atoms with Gasteiger partial charge in [-0.15, -0.1) is 0 Å². The van der Waals surface area contributed by atoms with Gasteiger partial charge in [0.05, 0.1) is 27.1 Å². The molecule has 132 valence electrons. The average Bonchev–Trinajstić information content (AvgIpc) is 2.48. The lowest BCUT2D eigenvalue weighted by atomic mass is 10.1. The molecule has 0 aliphatic heterocycles. The molecule has 0 saturated carbocycles. The van der Waals surface area contributed by atoms with Gasteiger partial charge >= 0.3 is 5.97 Å². The Morgan fingerprint density at radius 1 is 1.29 bits per heavy atom. The van der Waals surface area contributed by atoms with Gasteiger partial charge in [0.15, 0.2) is 0 Å². The summed E-state index contributed by atoms with van der Waals surface area (Å²) in [5.74, 6) is -0.334. The Kier molecular flexibility index (Phi) is 9.19. The van der Waals surface area contributed by atoms with Crippen molar-refractivity contribution in [3.8, 4) is 0 Å². The fourth-order valence-electron chi connectivity index (χ4n) is 1.90. The number of carbonyl (C=O) groups is 2. The van der Waals surface area contributed by atoms with Crippen LogP contribution in [-0.2, 0) is 4.79 Å². The molecule has 0 fully saturated rings. The van der Waals surface area contributed by atoms with Gasteiger partial charge < -0.3 is 15.3 Å². The normalized spacial score (nSPS) is 11.3. The molecule has 0 spiro atoms. The highest BCUT2D eigenvalue weighted by Crippen LogP contribution is 2.34. The number of amides is 1. The minimum atomic E-state index is -0.923. The fraction of sp³-hybridized carbons (Fsp3) is 0.400. The molecule has 24 heavy (non-hydrogen) atoms. The van der Waals surface area contributed by atoms with Crippen molar-refractivity contribution in [1.82, 2.24) is 10.2 Å². The number of carboxylic acid groups (broad SMARTS) is 1. The van der Waals surface area contributed by atoms with E-state index in [9.17, 15) is 9.59 Å². The van der Waals surface area contributed by atoms with Gasteiger partial charge in [-0.2, -0.15) is 0 Å². The standard InChI is InChI=1S/C15H18I3N3O3/c1-4-19-8(2)20-14-10(17)7-9(16)12(13(14)18)15(24)21(3)6-5-11(22)23/h7H,4-6H2,1-3H3,(H,19,20)(H,22,23). The van der Waals surface area contributed by atoms with Crippen molar-refractivity contribution in [2.24, 2.45) is 4.99 Å². The number of hydrogen-bond acceptors (Lipinski definition) is 3. The number of nitrogens with one attached hydrogen (secondary N) is 1. The lowest BCUT2D eigenvalue weighted by Crippen LogP contribution is -2.30. The summed E-state index contributed by atoms with van der Waals surface area (Å²) in [6.07, 6.45) is -0.0791. The van der Waals surface area contributed by atoms with Gasteiger partial charge in [-0.05, 0) is 87.7 Å². The second kappa shape index (κ2) is 10.1. The van der Waals surface area contributed by atoms with E-state index in [0.717, 1.165) is 28.8 Å². The minimum absolute atomic E-state index is 0.0791. The molecule has 1 amide bonds. The molecule has 2 N–H and O–H groups in total. The van der Waals surface area contributed by atoms with Gasteiger partial charge in [-0.1, -0.05) is 0 Å². The third kappa shape index (κ3) is 5.97. The van der Waals surface area contributed by atoms with Gasteiger partial charge in [-0.3, -0.25) is 9.59 Å². The second-order valence-electron chi connectivity index (χ2n) is 4.98. The first-order valence-electron chi connectivity index (χ1n) is 7.12. The Morgan fingerprint density at radius 3 is 2.46 bits per heavy atom. The van der Waals surface area contributed by atoms with Crippen LogP contribution in [0.3, 0.4) is 0 Å². The Labute approximate surface area is 182 Å². The number of hydrogen-bond donors (Lipinski definition) is 2. The molecule has 0 heterocycles. The van der Waals surface area contributed by atoms with Crippen molar-refractivity contribution in [2.45, 2.75) is 20.3 Å². The molecule has 6 nitrogen and oxygen atoms in total. The first kappa shape index (κ1) is 21.9. The molecule has 9 heteroatoms. The van der Waals surface area contributed by atoms with Crippen LogP contribution < -0.4 is 5.32 Å². The van der Waals surface area contributed by atoms with E-state index in [4.69, 9.17) is 5.11 Å². The summed E-state index contributed by atoms with van der Waals surface area (Å²) in [6, 6.07) is 1.92. The topological polar surface area (TPSA) is 82.0 Å². The number of rotatable bonds is 6. The number of halogens is 3. The lowest BCUT2D eigenvalue weighted by Gasteiger charge is -2.19. The van der Waals surface area contributed by atoms with Crippen LogP contribution in [-0.4, -0.2) is 47.9 Å². The van der Waals surface area contributed by atoms with Crippen LogP contribution in [0.1, 0.15) is 30.6 Å². The molecule has 1 aromatic rings. The molecule has 0 atom stereocenters. The highest BCUT2D eigenvalue weighted by molar-refractivity contribution is 14.1. The van der Waals surface area contributed by atoms with Crippen LogP contribution in [0, 0.1) is 10.7 Å². The molecular weight excluding hydrogens is 651 g/mol. The Hall–Kier alpha value is -0.180. The fourth-order valence-corrected chi connectivity index (χ4v) is 5.97. The lowest BCUT2D eigenvalue weighted by molar-refractivity contribution is -0.137. The SMILES string of the molecule is CCNC(C)=Nc1c(I)cc(I)c(C(=O)N(C)CCC(=O)O)c1I. The Bertz CT molecular complexity index is 678. The molecule has 0 saturated heterocycles. The monoisotopic (exact) mass is 669 g/mol. The summed E-state index contributed by atoms with van der Waals surface area (Å²) in [5, 5.41) is 11.9. The maximum atomic E-state index is 12.7. The summed E-state index contributed by atoms with van der Waals surface area (Å²) < 4.78 is 2.56. The molecule has 0 aliphatic carbocycles. The largest absolute Gasteiger partial charge is 0.481 e. The zero-order chi connectivity index (χ0) is 18.4. The molecule has 1 rings (SSSR count). The van der Waals surface area contributed by atoms with Gasteiger partial charge in [0.1, 0.15) is 0 Å². The molecule has 0 aliphatic rings. The van der Waals surface area contributed by atoms with E-state index in [-0.39, 0.29) is 18.9 Å². The van der Waals surface area contributed by atoms with Crippen LogP contribution in [0.25, 0.3) is 0 Å². The molecule has 0 aromatic heterocycles. The van der Waals surface area contributed by atoms with E-state index >= 15 is 0 Å². The molecule has 1 aromatic carbocycles. The summed E-state index contributed by atoms with van der Waals surface area (Å²) in [4.78, 5) is 29.5. The first-order valence-corrected chi connectivity index (χ1v) is 10.4. The second-order valence-corrected chi connectivity index (χ2v) is 8.38. The van der Waals surface area contributed by atoms with E-state index in [1.165, 1.54) is 4.90 Å². The number of aliphatic carboxylic acids is 1. The van der Waals surface area contributed by atoms with E-state index in [1.807, 2.05) is 19.9 Å². The molecule has 0 bridgehead atoms. The van der Waals surface area contributed by atoms with Gasteiger partial charge in [0.25, 0.3) is 5.91 Å². The molecular formula is C15H18I3N3O3. The van der Waals surface area contributed by atoms with E-state index in [2.05, 4.69) is 78.1 Å². The van der Waals surface area contributed by atoms with E-state index in [0.29, 0.717) is 5.56 Å². The summed E-state index contributed by atoms with van der Waals surface area (Å²) in [6.45, 7) is 4.82. The third-order valence-corrected chi connectivity index (χ3v) is 5.80. The van der Waals surface area contributed by atoms with Crippen LogP contribution in [0.5, 0.6) is 0 Å². The summed E-state index contributed by atoms with van der Waals surface area (Å²) >= 11 is 6.48. The highest BCUT2D eigenvalue weighted by Gasteiger charge is 2.22. The maximum Gasteiger partial charge on any atom is 0.305 e. The van der Waals surface area contributed by atoms with Crippen LogP contribution in [0.2, 0.25) is 0 Å². The predicted molar refractivity (Wildman–Crippen MR) is 120 cm³/mol. The first-order chi connectivity index (χ1) is 11.2. The van der Waals surface area contributed by atoms with Crippen molar-refractivity contribution in [1.29, 1.82) is 0 Å². The van der Waals surface area contributed by atoms with Crippen molar-refractivity contribution < 1.29 is 14.7 Å². The number of nitrogens with zero attached hydrogens (tertiary/aromatic N) is 2. The van der Waals surface area contributed by atoms with Crippen molar-refractivity contribution >= 4 is 91.2 Å². The van der Waals surface area contributed by atoms with Crippen LogP contribution >= 0.6 is 67.8 Å². The highest BCUT2D eigenvalue weighted by atomic mass is 127. The van der Waals surface area contributed by atoms with Crippen molar-refractivity contribution in [2.75, 3.05) is 20.1 Å². The molecule has 0 unspecified atom stereocenters. The number of carboxylic acids is 1. The number of carbonyl (C=O) groups excluding carboxylic acids is 1. The average molecular weight is 669 g/mol. The quantitative estimate of drug-likeness (QED) is 0.275.